The van der Waals surface area contributed by atoms with Crippen molar-refractivity contribution in [1.82, 2.24) is 0 Å². The number of carboxylic acids is 2. The summed E-state index contributed by atoms with van der Waals surface area (Å²) in [7, 11) is 0. The van der Waals surface area contributed by atoms with Crippen LogP contribution in [0.15, 0.2) is 12.2 Å². The minimum absolute atomic E-state index is 0.385. The molecule has 0 saturated heterocycles. The van der Waals surface area contributed by atoms with E-state index in [0.29, 0.717) is 12.8 Å². The van der Waals surface area contributed by atoms with Gasteiger partial charge in [-0.2, -0.15) is 0 Å². The summed E-state index contributed by atoms with van der Waals surface area (Å²) in [5.74, 6) is -3.01. The first kappa shape index (κ1) is 9.77. The molecule has 0 aromatic heterocycles. The Labute approximate surface area is 75.9 Å². The largest absolute Gasteiger partial charge is 0.481 e. The van der Waals surface area contributed by atoms with Gasteiger partial charge >= 0.3 is 11.9 Å². The van der Waals surface area contributed by atoms with Crippen LogP contribution in [-0.2, 0) is 9.59 Å². The maximum Gasteiger partial charge on any atom is 0.311 e. The third kappa shape index (κ3) is 1.56. The highest BCUT2D eigenvalue weighted by Gasteiger charge is 2.45. The van der Waals surface area contributed by atoms with E-state index >= 15 is 0 Å². The van der Waals surface area contributed by atoms with Crippen molar-refractivity contribution >= 4 is 11.9 Å². The molecule has 1 aliphatic carbocycles. The zero-order chi connectivity index (χ0) is 10.1. The Morgan fingerprint density at radius 2 is 2.08 bits per heavy atom. The Morgan fingerprint density at radius 1 is 1.46 bits per heavy atom. The maximum absolute atomic E-state index is 10.9. The molecule has 1 aliphatic rings. The van der Waals surface area contributed by atoms with E-state index in [-0.39, 0.29) is 0 Å². The summed E-state index contributed by atoms with van der Waals surface area (Å²) >= 11 is 0. The van der Waals surface area contributed by atoms with Gasteiger partial charge in [0.2, 0.25) is 0 Å². The third-order valence-electron chi connectivity index (χ3n) is 2.60. The van der Waals surface area contributed by atoms with Crippen molar-refractivity contribution in [1.29, 1.82) is 0 Å². The second-order valence-corrected chi connectivity index (χ2v) is 3.51. The lowest BCUT2D eigenvalue weighted by atomic mass is 9.71. The van der Waals surface area contributed by atoms with E-state index in [1.54, 1.807) is 6.08 Å². The molecule has 0 aliphatic heterocycles. The molecule has 4 heteroatoms. The monoisotopic (exact) mass is 184 g/mol. The predicted molar refractivity (Wildman–Crippen MR) is 45.2 cm³/mol. The summed E-state index contributed by atoms with van der Waals surface area (Å²) in [5.41, 5.74) is -1.15. The van der Waals surface area contributed by atoms with Crippen molar-refractivity contribution in [2.24, 2.45) is 11.3 Å². The van der Waals surface area contributed by atoms with Gasteiger partial charge in [0.1, 0.15) is 0 Å². The first-order valence-corrected chi connectivity index (χ1v) is 4.11. The van der Waals surface area contributed by atoms with Gasteiger partial charge in [0.25, 0.3) is 0 Å². The van der Waals surface area contributed by atoms with Crippen molar-refractivity contribution in [3.63, 3.8) is 0 Å². The average Bonchev–Trinajstić information content (AvgIpc) is 2.04. The number of carboxylic acid groups (broad SMARTS) is 2. The summed E-state index contributed by atoms with van der Waals surface area (Å²) in [4.78, 5) is 21.7. The molecule has 4 nitrogen and oxygen atoms in total. The molecule has 0 aromatic rings. The molecule has 0 heterocycles. The van der Waals surface area contributed by atoms with Gasteiger partial charge in [-0.05, 0) is 19.8 Å². The number of hydrogen-bond donors (Lipinski definition) is 2. The summed E-state index contributed by atoms with van der Waals surface area (Å²) in [5, 5.41) is 17.7. The second kappa shape index (κ2) is 3.20. The second-order valence-electron chi connectivity index (χ2n) is 3.51. The van der Waals surface area contributed by atoms with Gasteiger partial charge in [0, 0.05) is 0 Å². The molecule has 0 radical (unpaired) electrons. The minimum atomic E-state index is -1.15. The van der Waals surface area contributed by atoms with Crippen LogP contribution in [0.25, 0.3) is 0 Å². The van der Waals surface area contributed by atoms with E-state index < -0.39 is 23.3 Å². The topological polar surface area (TPSA) is 74.6 Å². The number of carbonyl (C=O) groups is 2. The van der Waals surface area contributed by atoms with E-state index in [1.807, 2.05) is 0 Å². The maximum atomic E-state index is 10.9. The molecule has 13 heavy (non-hydrogen) atoms. The number of rotatable bonds is 2. The highest BCUT2D eigenvalue weighted by molar-refractivity contribution is 5.84. The first-order valence-electron chi connectivity index (χ1n) is 4.11. The fraction of sp³-hybridized carbons (Fsp3) is 0.556. The van der Waals surface area contributed by atoms with Crippen molar-refractivity contribution in [2.45, 2.75) is 19.8 Å². The summed E-state index contributed by atoms with van der Waals surface area (Å²) in [6, 6.07) is 0. The quantitative estimate of drug-likeness (QED) is 0.631. The zero-order valence-corrected chi connectivity index (χ0v) is 7.36. The fourth-order valence-corrected chi connectivity index (χ4v) is 1.58. The van der Waals surface area contributed by atoms with Crippen LogP contribution in [0.2, 0.25) is 0 Å². The van der Waals surface area contributed by atoms with Crippen molar-refractivity contribution in [3.05, 3.63) is 12.2 Å². The van der Waals surface area contributed by atoms with Gasteiger partial charge in [-0.25, -0.2) is 0 Å². The van der Waals surface area contributed by atoms with Gasteiger partial charge in [-0.3, -0.25) is 9.59 Å². The standard InChI is InChI=1S/C9H12O4/c1-9(8(12)13)5-3-2-4-6(9)7(10)11/h2,4,6H,3,5H2,1H3,(H,10,11)(H,12,13). The molecule has 0 bridgehead atoms. The number of hydrogen-bond acceptors (Lipinski definition) is 2. The van der Waals surface area contributed by atoms with Crippen LogP contribution >= 0.6 is 0 Å². The smallest absolute Gasteiger partial charge is 0.311 e. The molecule has 0 amide bonds. The van der Waals surface area contributed by atoms with Crippen LogP contribution in [0.5, 0.6) is 0 Å². The molecule has 0 spiro atoms. The Bertz CT molecular complexity index is 269. The first-order chi connectivity index (χ1) is 5.98. The Kier molecular flexibility index (Phi) is 2.40. The molecule has 2 N–H and O–H groups in total. The Morgan fingerprint density at radius 3 is 2.46 bits per heavy atom. The van der Waals surface area contributed by atoms with Crippen LogP contribution in [0.4, 0.5) is 0 Å². The molecule has 0 fully saturated rings. The zero-order valence-electron chi connectivity index (χ0n) is 7.36. The molecular weight excluding hydrogens is 172 g/mol. The molecular formula is C9H12O4. The average molecular weight is 184 g/mol. The lowest BCUT2D eigenvalue weighted by Gasteiger charge is -2.31. The van der Waals surface area contributed by atoms with Gasteiger partial charge in [0.05, 0.1) is 11.3 Å². The van der Waals surface area contributed by atoms with Gasteiger partial charge < -0.3 is 10.2 Å². The number of aliphatic carboxylic acids is 2. The van der Waals surface area contributed by atoms with Gasteiger partial charge in [-0.15, -0.1) is 0 Å². The minimum Gasteiger partial charge on any atom is -0.481 e. The summed E-state index contributed by atoms with van der Waals surface area (Å²) in [6.07, 6.45) is 4.21. The van der Waals surface area contributed by atoms with Crippen LogP contribution in [0, 0.1) is 11.3 Å². The van der Waals surface area contributed by atoms with Gasteiger partial charge in [0.15, 0.2) is 0 Å². The van der Waals surface area contributed by atoms with E-state index in [1.165, 1.54) is 13.0 Å². The Hall–Kier alpha value is -1.32. The van der Waals surface area contributed by atoms with E-state index in [2.05, 4.69) is 0 Å². The lowest BCUT2D eigenvalue weighted by Crippen LogP contribution is -2.40. The molecule has 1 rings (SSSR count). The summed E-state index contributed by atoms with van der Waals surface area (Å²) in [6.45, 7) is 1.48. The fourth-order valence-electron chi connectivity index (χ4n) is 1.58. The lowest BCUT2D eigenvalue weighted by molar-refractivity contribution is -0.159. The third-order valence-corrected chi connectivity index (χ3v) is 2.60. The van der Waals surface area contributed by atoms with Gasteiger partial charge in [-0.1, -0.05) is 12.2 Å². The van der Waals surface area contributed by atoms with Crippen LogP contribution < -0.4 is 0 Å². The Balaban J connectivity index is 3.01. The molecule has 0 saturated carbocycles. The van der Waals surface area contributed by atoms with Crippen LogP contribution in [-0.4, -0.2) is 22.2 Å². The highest BCUT2D eigenvalue weighted by Crippen LogP contribution is 2.37. The normalized spacial score (nSPS) is 32.8. The van der Waals surface area contributed by atoms with E-state index in [9.17, 15) is 9.59 Å². The predicted octanol–water partition coefficient (Wildman–Crippen LogP) is 1.13. The highest BCUT2D eigenvalue weighted by atomic mass is 16.4. The van der Waals surface area contributed by atoms with Crippen molar-refractivity contribution < 1.29 is 19.8 Å². The SMILES string of the molecule is CC1(C(=O)O)CCC=CC1C(=O)O. The molecule has 72 valence electrons. The van der Waals surface area contributed by atoms with Crippen LogP contribution in [0.1, 0.15) is 19.8 Å². The van der Waals surface area contributed by atoms with Crippen molar-refractivity contribution in [2.75, 3.05) is 0 Å². The summed E-state index contributed by atoms with van der Waals surface area (Å²) < 4.78 is 0. The molecule has 0 aromatic carbocycles. The molecule has 2 atom stereocenters. The van der Waals surface area contributed by atoms with E-state index in [0.717, 1.165) is 0 Å². The molecule has 2 unspecified atom stereocenters. The number of allylic oxidation sites excluding steroid dienone is 1. The van der Waals surface area contributed by atoms with Crippen LogP contribution in [0.3, 0.4) is 0 Å². The van der Waals surface area contributed by atoms with E-state index in [4.69, 9.17) is 10.2 Å². The van der Waals surface area contributed by atoms with Crippen molar-refractivity contribution in [3.8, 4) is 0 Å².